The molecular weight excluding hydrogens is 429 g/mol. The molecule has 0 atom stereocenters. The lowest BCUT2D eigenvalue weighted by Crippen LogP contribution is -2.49. The lowest BCUT2D eigenvalue weighted by molar-refractivity contribution is 0.0694. The van der Waals surface area contributed by atoms with Gasteiger partial charge in [0.15, 0.2) is 0 Å². The lowest BCUT2D eigenvalue weighted by atomic mass is 10.1. The summed E-state index contributed by atoms with van der Waals surface area (Å²) < 4.78 is 22.0. The molecule has 1 aliphatic rings. The number of ether oxygens (including phenoxy) is 1. The number of rotatable bonds is 5. The van der Waals surface area contributed by atoms with Crippen molar-refractivity contribution in [3.05, 3.63) is 75.8 Å². The van der Waals surface area contributed by atoms with E-state index in [1.165, 1.54) is 6.20 Å². The standard InChI is InChI=1S/C24H24FN3O5/c1-2-26-14-18(23(30)31)22(29)17-12-19(25)21(13-20(17)26)27-8-10-28(11-9-27)24(32)33-15-16-6-4-3-5-7-16/h3-7,12-14H,2,8-11,15H2,1H3,(H,30,31). The van der Waals surface area contributed by atoms with Crippen molar-refractivity contribution in [3.63, 3.8) is 0 Å². The fraction of sp³-hybridized carbons (Fsp3) is 0.292. The molecule has 0 unspecified atom stereocenters. The molecule has 2 heterocycles. The highest BCUT2D eigenvalue weighted by Crippen LogP contribution is 2.26. The predicted octanol–water partition coefficient (Wildman–Crippen LogP) is 3.32. The summed E-state index contributed by atoms with van der Waals surface area (Å²) in [7, 11) is 0. The van der Waals surface area contributed by atoms with Crippen molar-refractivity contribution in [1.29, 1.82) is 0 Å². The number of carbonyl (C=O) groups excluding carboxylic acids is 1. The number of pyridine rings is 1. The summed E-state index contributed by atoms with van der Waals surface area (Å²) in [6.07, 6.45) is 0.869. The van der Waals surface area contributed by atoms with E-state index in [4.69, 9.17) is 4.74 Å². The molecule has 1 aromatic heterocycles. The molecular formula is C24H24FN3O5. The Kier molecular flexibility index (Phi) is 6.30. The van der Waals surface area contributed by atoms with Crippen molar-refractivity contribution in [3.8, 4) is 0 Å². The Hall–Kier alpha value is -3.88. The summed E-state index contributed by atoms with van der Waals surface area (Å²) in [6.45, 7) is 3.94. The normalized spacial score (nSPS) is 13.9. The molecule has 8 nitrogen and oxygen atoms in total. The van der Waals surface area contributed by atoms with Gasteiger partial charge in [0.1, 0.15) is 18.0 Å². The first-order chi connectivity index (χ1) is 15.9. The highest BCUT2D eigenvalue weighted by Gasteiger charge is 2.25. The van der Waals surface area contributed by atoms with Crippen molar-refractivity contribution in [1.82, 2.24) is 9.47 Å². The number of aryl methyl sites for hydroxylation is 1. The van der Waals surface area contributed by atoms with E-state index in [1.807, 2.05) is 42.2 Å². The van der Waals surface area contributed by atoms with Crippen LogP contribution in [0.5, 0.6) is 0 Å². The van der Waals surface area contributed by atoms with Crippen LogP contribution in [-0.4, -0.2) is 52.8 Å². The van der Waals surface area contributed by atoms with E-state index in [1.54, 1.807) is 15.5 Å². The molecule has 1 fully saturated rings. The highest BCUT2D eigenvalue weighted by atomic mass is 19.1. The number of nitrogens with zero attached hydrogens (tertiary/aromatic N) is 3. The smallest absolute Gasteiger partial charge is 0.410 e. The topological polar surface area (TPSA) is 92.1 Å². The van der Waals surface area contributed by atoms with Crippen LogP contribution in [-0.2, 0) is 17.9 Å². The molecule has 0 radical (unpaired) electrons. The zero-order valence-electron chi connectivity index (χ0n) is 18.2. The van der Waals surface area contributed by atoms with Gasteiger partial charge in [-0.05, 0) is 24.6 Å². The molecule has 2 aromatic carbocycles. The Bertz CT molecular complexity index is 1250. The second kappa shape index (κ2) is 9.32. The molecule has 1 amide bonds. The van der Waals surface area contributed by atoms with Crippen molar-refractivity contribution in [2.24, 2.45) is 0 Å². The number of halogens is 1. The molecule has 0 spiro atoms. The number of amides is 1. The van der Waals surface area contributed by atoms with E-state index >= 15 is 0 Å². The second-order valence-electron chi connectivity index (χ2n) is 7.80. The van der Waals surface area contributed by atoms with Crippen LogP contribution < -0.4 is 10.3 Å². The number of hydrogen-bond acceptors (Lipinski definition) is 5. The Labute approximate surface area is 189 Å². The Morgan fingerprint density at radius 3 is 2.42 bits per heavy atom. The van der Waals surface area contributed by atoms with Gasteiger partial charge in [0.25, 0.3) is 0 Å². The van der Waals surface area contributed by atoms with Gasteiger partial charge in [-0.3, -0.25) is 4.79 Å². The summed E-state index contributed by atoms with van der Waals surface area (Å²) in [5.41, 5.74) is 0.576. The fourth-order valence-electron chi connectivity index (χ4n) is 4.00. The van der Waals surface area contributed by atoms with Crippen LogP contribution >= 0.6 is 0 Å². The van der Waals surface area contributed by atoms with Gasteiger partial charge in [-0.2, -0.15) is 0 Å². The first-order valence-corrected chi connectivity index (χ1v) is 10.7. The molecule has 9 heteroatoms. The maximum absolute atomic E-state index is 15.0. The van der Waals surface area contributed by atoms with Crippen LogP contribution in [0.3, 0.4) is 0 Å². The average molecular weight is 453 g/mol. The Morgan fingerprint density at radius 1 is 1.09 bits per heavy atom. The van der Waals surface area contributed by atoms with Gasteiger partial charge in [0, 0.05) is 44.3 Å². The van der Waals surface area contributed by atoms with Gasteiger partial charge in [-0.25, -0.2) is 14.0 Å². The van der Waals surface area contributed by atoms with E-state index in [9.17, 15) is 23.9 Å². The van der Waals surface area contributed by atoms with E-state index in [0.717, 1.165) is 11.6 Å². The number of carboxylic acids is 1. The molecule has 1 aliphatic heterocycles. The van der Waals surface area contributed by atoms with E-state index < -0.39 is 23.3 Å². The summed E-state index contributed by atoms with van der Waals surface area (Å²) >= 11 is 0. The minimum absolute atomic E-state index is 0.0288. The van der Waals surface area contributed by atoms with Gasteiger partial charge >= 0.3 is 12.1 Å². The van der Waals surface area contributed by atoms with Gasteiger partial charge in [0.2, 0.25) is 5.43 Å². The van der Waals surface area contributed by atoms with Crippen LogP contribution in [0.25, 0.3) is 10.9 Å². The third kappa shape index (κ3) is 4.52. The number of aromatic carboxylic acids is 1. The minimum Gasteiger partial charge on any atom is -0.477 e. The van der Waals surface area contributed by atoms with Gasteiger partial charge in [-0.1, -0.05) is 30.3 Å². The molecule has 33 heavy (non-hydrogen) atoms. The van der Waals surface area contributed by atoms with Crippen molar-refractivity contribution in [2.45, 2.75) is 20.1 Å². The summed E-state index contributed by atoms with van der Waals surface area (Å²) in [5, 5.41) is 9.32. The largest absolute Gasteiger partial charge is 0.477 e. The number of aromatic nitrogens is 1. The number of fused-ring (bicyclic) bond motifs is 1. The predicted molar refractivity (Wildman–Crippen MR) is 121 cm³/mol. The Morgan fingerprint density at radius 2 is 1.79 bits per heavy atom. The zero-order valence-corrected chi connectivity index (χ0v) is 18.2. The number of piperazine rings is 1. The Balaban J connectivity index is 1.50. The number of carbonyl (C=O) groups is 2. The van der Waals surface area contributed by atoms with Gasteiger partial charge < -0.3 is 24.2 Å². The van der Waals surface area contributed by atoms with Gasteiger partial charge in [-0.15, -0.1) is 0 Å². The molecule has 0 aliphatic carbocycles. The van der Waals surface area contributed by atoms with Crippen LogP contribution in [0.4, 0.5) is 14.9 Å². The third-order valence-corrected chi connectivity index (χ3v) is 5.80. The molecule has 172 valence electrons. The summed E-state index contributed by atoms with van der Waals surface area (Å²) in [5.74, 6) is -1.95. The van der Waals surface area contributed by atoms with Crippen LogP contribution in [0.2, 0.25) is 0 Å². The maximum atomic E-state index is 15.0. The molecule has 1 N–H and O–H groups in total. The molecule has 1 saturated heterocycles. The number of hydrogen-bond donors (Lipinski definition) is 1. The molecule has 3 aromatic rings. The summed E-state index contributed by atoms with van der Waals surface area (Å²) in [4.78, 5) is 39.7. The molecule has 0 bridgehead atoms. The SMILES string of the molecule is CCn1cc(C(=O)O)c(=O)c2cc(F)c(N3CCN(C(=O)OCc4ccccc4)CC3)cc21. The van der Waals surface area contributed by atoms with Crippen molar-refractivity contribution in [2.75, 3.05) is 31.1 Å². The average Bonchev–Trinajstić information content (AvgIpc) is 2.83. The fourth-order valence-corrected chi connectivity index (χ4v) is 4.00. The van der Waals surface area contributed by atoms with Crippen LogP contribution in [0.1, 0.15) is 22.8 Å². The molecule has 0 saturated carbocycles. The highest BCUT2D eigenvalue weighted by molar-refractivity contribution is 5.93. The number of anilines is 1. The maximum Gasteiger partial charge on any atom is 0.410 e. The van der Waals surface area contributed by atoms with E-state index in [0.29, 0.717) is 43.9 Å². The first kappa shape index (κ1) is 22.3. The zero-order chi connectivity index (χ0) is 23.5. The molecule has 4 rings (SSSR count). The minimum atomic E-state index is -1.34. The lowest BCUT2D eigenvalue weighted by Gasteiger charge is -2.35. The van der Waals surface area contributed by atoms with Crippen LogP contribution in [0, 0.1) is 5.82 Å². The number of benzene rings is 2. The van der Waals surface area contributed by atoms with Crippen molar-refractivity contribution >= 4 is 28.7 Å². The first-order valence-electron chi connectivity index (χ1n) is 10.7. The second-order valence-corrected chi connectivity index (χ2v) is 7.80. The quantitative estimate of drug-likeness (QED) is 0.637. The van der Waals surface area contributed by atoms with E-state index in [-0.39, 0.29) is 17.6 Å². The monoisotopic (exact) mass is 453 g/mol. The van der Waals surface area contributed by atoms with Gasteiger partial charge in [0.05, 0.1) is 11.2 Å². The van der Waals surface area contributed by atoms with Crippen molar-refractivity contribution < 1.29 is 23.8 Å². The van der Waals surface area contributed by atoms with Crippen LogP contribution in [0.15, 0.2) is 53.5 Å². The number of carboxylic acid groups (broad SMARTS) is 1. The summed E-state index contributed by atoms with van der Waals surface area (Å²) in [6, 6.07) is 12.1. The third-order valence-electron chi connectivity index (χ3n) is 5.80. The van der Waals surface area contributed by atoms with E-state index in [2.05, 4.69) is 0 Å².